The number of benzene rings is 3. The van der Waals surface area contributed by atoms with Crippen molar-refractivity contribution >= 4 is 22.5 Å². The molecule has 25 heavy (non-hydrogen) atoms. The summed E-state index contributed by atoms with van der Waals surface area (Å²) < 4.78 is 5.84. The summed E-state index contributed by atoms with van der Waals surface area (Å²) >= 11 is 1.58. The highest BCUT2D eigenvalue weighted by Gasteiger charge is 2.06. The molecule has 0 saturated carbocycles. The molecule has 0 spiro atoms. The van der Waals surface area contributed by atoms with Gasteiger partial charge >= 0.3 is 0 Å². The summed E-state index contributed by atoms with van der Waals surface area (Å²) in [5.41, 5.74) is 1.04. The maximum atomic E-state index is 5.84. The quantitative estimate of drug-likeness (QED) is 0.402. The molecule has 0 saturated heterocycles. The Morgan fingerprint density at radius 1 is 0.880 bits per heavy atom. The zero-order valence-electron chi connectivity index (χ0n) is 13.6. The van der Waals surface area contributed by atoms with Crippen molar-refractivity contribution in [3.63, 3.8) is 0 Å². The summed E-state index contributed by atoms with van der Waals surface area (Å²) in [5.74, 6) is 2.47. The number of hydrogen-bond acceptors (Lipinski definition) is 4. The van der Waals surface area contributed by atoms with Crippen LogP contribution in [0.5, 0.6) is 5.75 Å². The first-order chi connectivity index (χ1) is 12.4. The number of aromatic nitrogens is 3. The lowest BCUT2D eigenvalue weighted by Crippen LogP contribution is -2.00. The van der Waals surface area contributed by atoms with Crippen molar-refractivity contribution in [1.29, 1.82) is 0 Å². The summed E-state index contributed by atoms with van der Waals surface area (Å²) in [5, 5.41) is 10.4. The van der Waals surface area contributed by atoms with Crippen molar-refractivity contribution < 1.29 is 4.74 Å². The number of nitrogens with zero attached hydrogens (tertiary/aromatic N) is 2. The number of H-pyrrole nitrogens is 1. The Kier molecular flexibility index (Phi) is 4.65. The number of hydrogen-bond donors (Lipinski definition) is 1. The second kappa shape index (κ2) is 7.40. The van der Waals surface area contributed by atoms with Crippen LogP contribution in [0.15, 0.2) is 78.0 Å². The van der Waals surface area contributed by atoms with Crippen LogP contribution in [0, 0.1) is 0 Å². The first kappa shape index (κ1) is 15.7. The normalized spacial score (nSPS) is 10.9. The van der Waals surface area contributed by atoms with Gasteiger partial charge in [0.25, 0.3) is 0 Å². The molecular formula is C20H17N3OS. The van der Waals surface area contributed by atoms with Crippen LogP contribution in [0.3, 0.4) is 0 Å². The number of fused-ring (bicyclic) bond motifs is 1. The van der Waals surface area contributed by atoms with Gasteiger partial charge in [0.15, 0.2) is 5.82 Å². The van der Waals surface area contributed by atoms with Crippen molar-refractivity contribution in [3.8, 4) is 17.1 Å². The second-order valence-corrected chi connectivity index (χ2v) is 6.60. The molecule has 0 aliphatic heterocycles. The van der Waals surface area contributed by atoms with E-state index in [0.29, 0.717) is 6.61 Å². The standard InChI is InChI=1S/C20H17N3OS/c1-2-7-16(8-3-1)19-21-20(23-22-19)25-13-12-24-18-11-10-15-6-4-5-9-17(15)14-18/h1-11,14H,12-13H2,(H,21,22,23). The minimum absolute atomic E-state index is 0.609. The van der Waals surface area contributed by atoms with Crippen molar-refractivity contribution in [2.75, 3.05) is 12.4 Å². The number of rotatable bonds is 6. The zero-order valence-corrected chi connectivity index (χ0v) is 14.4. The first-order valence-electron chi connectivity index (χ1n) is 8.11. The minimum atomic E-state index is 0.609. The van der Waals surface area contributed by atoms with Gasteiger partial charge in [0.1, 0.15) is 5.75 Å². The number of nitrogens with one attached hydrogen (secondary N) is 1. The summed E-state index contributed by atoms with van der Waals surface area (Å²) in [7, 11) is 0. The average Bonchev–Trinajstić information content (AvgIpc) is 3.15. The van der Waals surface area contributed by atoms with Gasteiger partial charge in [0, 0.05) is 11.3 Å². The van der Waals surface area contributed by atoms with Gasteiger partial charge in [-0.15, -0.1) is 5.10 Å². The molecule has 0 aliphatic rings. The predicted octanol–water partition coefficient (Wildman–Crippen LogP) is 4.80. The highest BCUT2D eigenvalue weighted by molar-refractivity contribution is 7.99. The van der Waals surface area contributed by atoms with Gasteiger partial charge < -0.3 is 4.74 Å². The fourth-order valence-corrected chi connectivity index (χ4v) is 3.20. The van der Waals surface area contributed by atoms with Gasteiger partial charge in [-0.2, -0.15) is 0 Å². The summed E-state index contributed by atoms with van der Waals surface area (Å²) in [6, 6.07) is 24.4. The molecule has 1 N–H and O–H groups in total. The Balaban J connectivity index is 1.31. The first-order valence-corrected chi connectivity index (χ1v) is 9.09. The lowest BCUT2D eigenvalue weighted by molar-refractivity contribution is 0.344. The third-order valence-corrected chi connectivity index (χ3v) is 4.63. The molecule has 0 amide bonds. The molecule has 5 heteroatoms. The van der Waals surface area contributed by atoms with Crippen LogP contribution in [0.1, 0.15) is 0 Å². The third-order valence-electron chi connectivity index (χ3n) is 3.82. The lowest BCUT2D eigenvalue weighted by Gasteiger charge is -2.06. The van der Waals surface area contributed by atoms with Gasteiger partial charge in [-0.1, -0.05) is 72.4 Å². The van der Waals surface area contributed by atoms with E-state index in [-0.39, 0.29) is 0 Å². The third kappa shape index (κ3) is 3.83. The van der Waals surface area contributed by atoms with Gasteiger partial charge in [0.05, 0.1) is 6.61 Å². The summed E-state index contributed by atoms with van der Waals surface area (Å²) in [6.07, 6.45) is 0. The molecule has 0 radical (unpaired) electrons. The zero-order chi connectivity index (χ0) is 16.9. The number of ether oxygens (including phenoxy) is 1. The molecule has 0 atom stereocenters. The average molecular weight is 347 g/mol. The van der Waals surface area contributed by atoms with Crippen LogP contribution < -0.4 is 4.74 Å². The molecule has 0 unspecified atom stereocenters. The van der Waals surface area contributed by atoms with Crippen LogP contribution in [0.4, 0.5) is 0 Å². The van der Waals surface area contributed by atoms with Crippen LogP contribution in [0.2, 0.25) is 0 Å². The highest BCUT2D eigenvalue weighted by atomic mass is 32.2. The molecule has 4 nitrogen and oxygen atoms in total. The second-order valence-electron chi connectivity index (χ2n) is 5.54. The minimum Gasteiger partial charge on any atom is -0.493 e. The summed E-state index contributed by atoms with van der Waals surface area (Å²) in [4.78, 5) is 4.51. The van der Waals surface area contributed by atoms with E-state index in [1.54, 1.807) is 11.8 Å². The Hall–Kier alpha value is -2.79. The van der Waals surface area contributed by atoms with Crippen LogP contribution >= 0.6 is 11.8 Å². The van der Waals surface area contributed by atoms with Crippen molar-refractivity contribution in [3.05, 3.63) is 72.8 Å². The number of aromatic amines is 1. The van der Waals surface area contributed by atoms with Crippen molar-refractivity contribution in [1.82, 2.24) is 15.2 Å². The van der Waals surface area contributed by atoms with E-state index in [2.05, 4.69) is 39.4 Å². The van der Waals surface area contributed by atoms with Crippen molar-refractivity contribution in [2.45, 2.75) is 5.16 Å². The molecule has 1 aromatic heterocycles. The molecule has 4 rings (SSSR count). The molecule has 0 bridgehead atoms. The fourth-order valence-electron chi connectivity index (χ4n) is 2.59. The molecule has 0 aliphatic carbocycles. The van der Waals surface area contributed by atoms with E-state index >= 15 is 0 Å². The SMILES string of the molecule is c1ccc(-c2nc(SCCOc3ccc4ccccc4c3)n[nH]2)cc1. The maximum absolute atomic E-state index is 5.84. The Morgan fingerprint density at radius 2 is 1.68 bits per heavy atom. The molecule has 124 valence electrons. The predicted molar refractivity (Wildman–Crippen MR) is 102 cm³/mol. The summed E-state index contributed by atoms with van der Waals surface area (Å²) in [6.45, 7) is 0.609. The van der Waals surface area contributed by atoms with Crippen LogP contribution in [-0.2, 0) is 0 Å². The van der Waals surface area contributed by atoms with Gasteiger partial charge in [-0.05, 0) is 22.9 Å². The van der Waals surface area contributed by atoms with E-state index in [1.165, 1.54) is 10.8 Å². The monoisotopic (exact) mass is 347 g/mol. The Morgan fingerprint density at radius 3 is 2.56 bits per heavy atom. The van der Waals surface area contributed by atoms with Gasteiger partial charge in [0.2, 0.25) is 5.16 Å². The van der Waals surface area contributed by atoms with Crippen molar-refractivity contribution in [2.24, 2.45) is 0 Å². The fraction of sp³-hybridized carbons (Fsp3) is 0.100. The van der Waals surface area contributed by atoms with E-state index in [4.69, 9.17) is 4.74 Å². The molecule has 0 fully saturated rings. The van der Waals surface area contributed by atoms with E-state index in [9.17, 15) is 0 Å². The molecular weight excluding hydrogens is 330 g/mol. The molecule has 3 aromatic carbocycles. The highest BCUT2D eigenvalue weighted by Crippen LogP contribution is 2.22. The lowest BCUT2D eigenvalue weighted by atomic mass is 10.1. The van der Waals surface area contributed by atoms with E-state index in [1.807, 2.05) is 48.5 Å². The smallest absolute Gasteiger partial charge is 0.208 e. The van der Waals surface area contributed by atoms with Crippen LogP contribution in [0.25, 0.3) is 22.2 Å². The van der Waals surface area contributed by atoms with Gasteiger partial charge in [-0.3, -0.25) is 5.10 Å². The Bertz CT molecular complexity index is 969. The largest absolute Gasteiger partial charge is 0.493 e. The topological polar surface area (TPSA) is 50.8 Å². The molecule has 4 aromatic rings. The van der Waals surface area contributed by atoms with E-state index in [0.717, 1.165) is 28.0 Å². The van der Waals surface area contributed by atoms with Gasteiger partial charge in [-0.25, -0.2) is 4.98 Å². The van der Waals surface area contributed by atoms with E-state index < -0.39 is 0 Å². The molecule has 1 heterocycles. The number of thioether (sulfide) groups is 1. The maximum Gasteiger partial charge on any atom is 0.208 e. The van der Waals surface area contributed by atoms with Crippen LogP contribution in [-0.4, -0.2) is 27.5 Å². The Labute approximate surface area is 150 Å².